The zero-order chi connectivity index (χ0) is 18.8. The minimum atomic E-state index is -0.945. The number of carbonyl (C=O) groups is 2. The molecule has 3 heterocycles. The van der Waals surface area contributed by atoms with Crippen molar-refractivity contribution in [2.24, 2.45) is 11.8 Å². The second-order valence-electron chi connectivity index (χ2n) is 7.94. The highest BCUT2D eigenvalue weighted by Crippen LogP contribution is 2.35. The van der Waals surface area contributed by atoms with E-state index in [0.717, 1.165) is 45.3 Å². The number of rotatable bonds is 3. The maximum Gasteiger partial charge on any atom is 0.410 e. The van der Waals surface area contributed by atoms with Gasteiger partial charge in [-0.2, -0.15) is 0 Å². The van der Waals surface area contributed by atoms with Crippen molar-refractivity contribution in [1.29, 1.82) is 0 Å². The van der Waals surface area contributed by atoms with E-state index in [0.29, 0.717) is 19.0 Å². The molecule has 0 aromatic carbocycles. The van der Waals surface area contributed by atoms with Gasteiger partial charge in [0, 0.05) is 56.0 Å². The molecule has 0 aromatic heterocycles. The standard InChI is InChI=1S/C18H31N3O4S/c1-13(2)25-18(23)19-8-5-15(6-9-19)21-11-4-14-12-20(26(3)24)10-7-16(14)17(21)22/h13-16H,4-12H2,1-3H3. The lowest BCUT2D eigenvalue weighted by molar-refractivity contribution is -0.147. The van der Waals surface area contributed by atoms with Crippen LogP contribution in [0.5, 0.6) is 0 Å². The van der Waals surface area contributed by atoms with Gasteiger partial charge in [-0.15, -0.1) is 4.31 Å². The monoisotopic (exact) mass is 385 g/mol. The van der Waals surface area contributed by atoms with Crippen LogP contribution in [0.3, 0.4) is 0 Å². The third-order valence-corrected chi connectivity index (χ3v) is 6.96. The Hall–Kier alpha value is -0.990. The van der Waals surface area contributed by atoms with Gasteiger partial charge in [-0.05, 0) is 45.4 Å². The quantitative estimate of drug-likeness (QED) is 0.688. The van der Waals surface area contributed by atoms with Crippen LogP contribution >= 0.6 is 0 Å². The van der Waals surface area contributed by atoms with Crippen LogP contribution in [0.25, 0.3) is 0 Å². The van der Waals surface area contributed by atoms with E-state index in [-0.39, 0.29) is 30.1 Å². The van der Waals surface area contributed by atoms with Gasteiger partial charge in [-0.25, -0.2) is 4.79 Å². The predicted molar refractivity (Wildman–Crippen MR) is 99.8 cm³/mol. The molecular weight excluding hydrogens is 354 g/mol. The van der Waals surface area contributed by atoms with Crippen LogP contribution in [0.15, 0.2) is 0 Å². The lowest BCUT2D eigenvalue weighted by Gasteiger charge is -2.47. The fraction of sp³-hybridized carbons (Fsp3) is 0.889. The zero-order valence-corrected chi connectivity index (χ0v) is 16.9. The number of ether oxygens (including phenoxy) is 1. The molecule has 7 nitrogen and oxygen atoms in total. The minimum absolute atomic E-state index is 0.0764. The van der Waals surface area contributed by atoms with E-state index in [4.69, 9.17) is 4.74 Å². The van der Waals surface area contributed by atoms with Gasteiger partial charge < -0.3 is 19.1 Å². The highest BCUT2D eigenvalue weighted by atomic mass is 32.2. The number of hydrogen-bond acceptors (Lipinski definition) is 5. The van der Waals surface area contributed by atoms with Crippen molar-refractivity contribution in [1.82, 2.24) is 14.1 Å². The smallest absolute Gasteiger partial charge is 0.410 e. The Bertz CT molecular complexity index is 523. The molecule has 0 aromatic rings. The van der Waals surface area contributed by atoms with Crippen LogP contribution in [-0.2, 0) is 20.9 Å². The lowest BCUT2D eigenvalue weighted by Crippen LogP contribution is -2.57. The van der Waals surface area contributed by atoms with E-state index < -0.39 is 11.4 Å². The van der Waals surface area contributed by atoms with Crippen molar-refractivity contribution in [3.8, 4) is 0 Å². The van der Waals surface area contributed by atoms with Crippen molar-refractivity contribution < 1.29 is 18.9 Å². The van der Waals surface area contributed by atoms with Gasteiger partial charge in [0.15, 0.2) is 0 Å². The number of carbonyl (C=O) groups excluding carboxylic acids is 2. The maximum absolute atomic E-state index is 13.0. The molecule has 3 rings (SSSR count). The second kappa shape index (κ2) is 8.35. The number of nitrogens with zero attached hydrogens (tertiary/aromatic N) is 3. The van der Waals surface area contributed by atoms with E-state index in [1.165, 1.54) is 0 Å². The van der Waals surface area contributed by atoms with Crippen LogP contribution in [0.2, 0.25) is 0 Å². The van der Waals surface area contributed by atoms with Gasteiger partial charge in [0.2, 0.25) is 5.91 Å². The predicted octanol–water partition coefficient (Wildman–Crippen LogP) is 1.46. The van der Waals surface area contributed by atoms with Crippen molar-refractivity contribution in [3.63, 3.8) is 0 Å². The minimum Gasteiger partial charge on any atom is -0.598 e. The molecule has 3 fully saturated rings. The van der Waals surface area contributed by atoms with Gasteiger partial charge in [0.1, 0.15) is 6.26 Å². The van der Waals surface area contributed by atoms with Crippen LogP contribution in [0.1, 0.15) is 39.5 Å². The van der Waals surface area contributed by atoms with Gasteiger partial charge in [0.25, 0.3) is 0 Å². The zero-order valence-electron chi connectivity index (χ0n) is 16.1. The number of amides is 2. The molecule has 0 aliphatic carbocycles. The summed E-state index contributed by atoms with van der Waals surface area (Å²) < 4.78 is 19.0. The first-order valence-electron chi connectivity index (χ1n) is 9.71. The largest absolute Gasteiger partial charge is 0.598 e. The summed E-state index contributed by atoms with van der Waals surface area (Å²) in [5.74, 6) is 0.677. The molecule has 0 spiro atoms. The van der Waals surface area contributed by atoms with Gasteiger partial charge in [-0.3, -0.25) is 4.79 Å². The molecule has 0 radical (unpaired) electrons. The Morgan fingerprint density at radius 1 is 1.15 bits per heavy atom. The normalized spacial score (nSPS) is 29.7. The van der Waals surface area contributed by atoms with E-state index >= 15 is 0 Å². The average Bonchev–Trinajstić information content (AvgIpc) is 2.61. The Balaban J connectivity index is 1.53. The summed E-state index contributed by atoms with van der Waals surface area (Å²) in [5.41, 5.74) is 0. The van der Waals surface area contributed by atoms with Gasteiger partial charge >= 0.3 is 6.09 Å². The highest BCUT2D eigenvalue weighted by molar-refractivity contribution is 7.88. The molecule has 26 heavy (non-hydrogen) atoms. The fourth-order valence-corrected chi connectivity index (χ4v) is 5.24. The summed E-state index contributed by atoms with van der Waals surface area (Å²) in [4.78, 5) is 28.9. The number of likely N-dealkylation sites (tertiary alicyclic amines) is 2. The van der Waals surface area contributed by atoms with Gasteiger partial charge in [-0.1, -0.05) is 0 Å². The van der Waals surface area contributed by atoms with Crippen LogP contribution < -0.4 is 0 Å². The molecule has 2 amide bonds. The van der Waals surface area contributed by atoms with E-state index in [2.05, 4.69) is 4.90 Å². The fourth-order valence-electron chi connectivity index (χ4n) is 4.48. The van der Waals surface area contributed by atoms with Crippen molar-refractivity contribution in [2.45, 2.75) is 51.7 Å². The molecule has 8 heteroatoms. The molecular formula is C18H31N3O4S. The first-order chi connectivity index (χ1) is 12.4. The SMILES string of the molecule is CC(C)OC(=O)N1CCC(N2CCC3CN([S+](C)[O-])CCC3C2=O)CC1. The molecule has 0 N–H and O–H groups in total. The van der Waals surface area contributed by atoms with Crippen LogP contribution in [0, 0.1) is 11.8 Å². The third-order valence-electron chi connectivity index (χ3n) is 5.90. The van der Waals surface area contributed by atoms with Gasteiger partial charge in [0.05, 0.1) is 6.10 Å². The second-order valence-corrected chi connectivity index (χ2v) is 9.30. The van der Waals surface area contributed by atoms with Crippen LogP contribution in [-0.4, -0.2) is 81.8 Å². The number of hydrogen-bond donors (Lipinski definition) is 0. The molecule has 0 bridgehead atoms. The van der Waals surface area contributed by atoms with E-state index in [1.54, 1.807) is 11.2 Å². The summed E-state index contributed by atoms with van der Waals surface area (Å²) >= 11 is -0.945. The Morgan fingerprint density at radius 3 is 2.46 bits per heavy atom. The van der Waals surface area contributed by atoms with Crippen molar-refractivity contribution in [2.75, 3.05) is 39.0 Å². The molecule has 148 valence electrons. The highest BCUT2D eigenvalue weighted by Gasteiger charge is 2.44. The third kappa shape index (κ3) is 4.28. The topological polar surface area (TPSA) is 76.2 Å². The summed E-state index contributed by atoms with van der Waals surface area (Å²) in [6, 6.07) is 0.227. The molecule has 3 unspecified atom stereocenters. The summed E-state index contributed by atoms with van der Waals surface area (Å²) in [5, 5.41) is 0. The van der Waals surface area contributed by atoms with Crippen LogP contribution in [0.4, 0.5) is 4.79 Å². The van der Waals surface area contributed by atoms with E-state index in [1.807, 2.05) is 18.2 Å². The molecule has 0 saturated carbocycles. The van der Waals surface area contributed by atoms with Crippen molar-refractivity contribution in [3.05, 3.63) is 0 Å². The molecule has 3 saturated heterocycles. The summed E-state index contributed by atoms with van der Waals surface area (Å²) in [6.07, 6.45) is 4.80. The first kappa shape index (κ1) is 19.8. The molecule has 3 aliphatic heterocycles. The van der Waals surface area contributed by atoms with E-state index in [9.17, 15) is 14.1 Å². The Kier molecular flexibility index (Phi) is 6.35. The number of piperidine rings is 3. The van der Waals surface area contributed by atoms with Crippen molar-refractivity contribution >= 4 is 23.4 Å². The Labute approximate surface area is 159 Å². The lowest BCUT2D eigenvalue weighted by atomic mass is 9.79. The number of fused-ring (bicyclic) bond motifs is 1. The maximum atomic E-state index is 13.0. The summed E-state index contributed by atoms with van der Waals surface area (Å²) in [6.45, 7) is 7.30. The molecule has 3 atom stereocenters. The first-order valence-corrected chi connectivity index (χ1v) is 11.2. The Morgan fingerprint density at radius 2 is 1.85 bits per heavy atom. The average molecular weight is 386 g/mol. The summed E-state index contributed by atoms with van der Waals surface area (Å²) in [7, 11) is 0. The molecule has 3 aliphatic rings.